The molecule has 0 radical (unpaired) electrons. The highest BCUT2D eigenvalue weighted by atomic mass is 16.3. The SMILES string of the molecule is C/C=C(\C)c1ccc2oc(CNC(=O)/C=C/c3ccc(N)nc3)cc2c1.C=C.CC. The Balaban J connectivity index is 0.00000106. The van der Waals surface area contributed by atoms with Gasteiger partial charge >= 0.3 is 0 Å². The number of carbonyl (C=O) groups is 1. The summed E-state index contributed by atoms with van der Waals surface area (Å²) in [5.74, 6) is 0.961. The Labute approximate surface area is 179 Å². The van der Waals surface area contributed by atoms with Crippen LogP contribution in [0.25, 0.3) is 22.6 Å². The molecule has 0 aliphatic heterocycles. The second-order valence-electron chi connectivity index (χ2n) is 6.00. The summed E-state index contributed by atoms with van der Waals surface area (Å²) < 4.78 is 5.78. The van der Waals surface area contributed by atoms with Crippen LogP contribution in [-0.4, -0.2) is 10.9 Å². The first-order valence-corrected chi connectivity index (χ1v) is 9.88. The summed E-state index contributed by atoms with van der Waals surface area (Å²) in [7, 11) is 0. The molecular weight excluding hydrogens is 374 g/mol. The van der Waals surface area contributed by atoms with Gasteiger partial charge in [0, 0.05) is 17.7 Å². The van der Waals surface area contributed by atoms with E-state index in [-0.39, 0.29) is 5.91 Å². The Morgan fingerprint density at radius 1 is 1.20 bits per heavy atom. The van der Waals surface area contributed by atoms with E-state index in [0.29, 0.717) is 18.1 Å². The van der Waals surface area contributed by atoms with Gasteiger partial charge in [-0.05, 0) is 67.0 Å². The average Bonchev–Trinajstić information content (AvgIpc) is 3.21. The first kappa shape index (κ1) is 24.4. The van der Waals surface area contributed by atoms with E-state index in [9.17, 15) is 4.79 Å². The van der Waals surface area contributed by atoms with Crippen molar-refractivity contribution in [1.29, 1.82) is 0 Å². The number of nitrogens with one attached hydrogen (secondary N) is 1. The lowest BCUT2D eigenvalue weighted by atomic mass is 10.1. The minimum absolute atomic E-state index is 0.201. The number of rotatable bonds is 5. The van der Waals surface area contributed by atoms with E-state index in [0.717, 1.165) is 22.1 Å². The zero-order valence-electron chi connectivity index (χ0n) is 18.2. The number of hydrogen-bond donors (Lipinski definition) is 2. The molecule has 0 spiro atoms. The van der Waals surface area contributed by atoms with Gasteiger partial charge in [0.2, 0.25) is 5.91 Å². The third kappa shape index (κ3) is 7.09. The van der Waals surface area contributed by atoms with E-state index in [1.54, 1.807) is 24.4 Å². The molecule has 5 heteroatoms. The topological polar surface area (TPSA) is 81.2 Å². The van der Waals surface area contributed by atoms with Gasteiger partial charge in [-0.3, -0.25) is 4.79 Å². The van der Waals surface area contributed by atoms with Gasteiger partial charge in [-0.15, -0.1) is 13.2 Å². The summed E-state index contributed by atoms with van der Waals surface area (Å²) >= 11 is 0. The molecule has 3 aromatic rings. The van der Waals surface area contributed by atoms with Crippen molar-refractivity contribution in [3.63, 3.8) is 0 Å². The molecule has 0 saturated carbocycles. The van der Waals surface area contributed by atoms with Crippen LogP contribution in [0.5, 0.6) is 0 Å². The van der Waals surface area contributed by atoms with Crippen LogP contribution in [-0.2, 0) is 11.3 Å². The Kier molecular flexibility index (Phi) is 10.4. The van der Waals surface area contributed by atoms with E-state index in [4.69, 9.17) is 10.2 Å². The standard InChI is InChI=1S/C21H21N3O2.C2H6.C2H4/c1-3-14(2)16-6-7-19-17(10-16)11-18(26-19)13-24-21(25)9-5-15-4-8-20(22)23-12-15;2*1-2/h3-12H,13H2,1-2H3,(H2,22,23)(H,24,25);1-2H3;1-2H2/b9-5+,14-3+;;. The number of allylic oxidation sites excluding steroid dienone is 2. The summed E-state index contributed by atoms with van der Waals surface area (Å²) in [5, 5.41) is 3.84. The van der Waals surface area contributed by atoms with Crippen LogP contribution in [0.4, 0.5) is 5.82 Å². The van der Waals surface area contributed by atoms with Crippen LogP contribution < -0.4 is 11.1 Å². The van der Waals surface area contributed by atoms with Gasteiger partial charge in [-0.25, -0.2) is 4.98 Å². The molecule has 0 saturated heterocycles. The van der Waals surface area contributed by atoms with E-state index < -0.39 is 0 Å². The average molecular weight is 406 g/mol. The fraction of sp³-hybridized carbons (Fsp3) is 0.200. The molecule has 0 bridgehead atoms. The predicted octanol–water partition coefficient (Wildman–Crippen LogP) is 5.99. The Bertz CT molecular complexity index is 999. The van der Waals surface area contributed by atoms with Crippen molar-refractivity contribution < 1.29 is 9.21 Å². The monoisotopic (exact) mass is 405 g/mol. The Hall–Kier alpha value is -3.60. The number of nitrogens with two attached hydrogens (primary N) is 1. The molecule has 1 amide bonds. The molecule has 1 aromatic carbocycles. The molecule has 0 unspecified atom stereocenters. The minimum atomic E-state index is -0.201. The van der Waals surface area contributed by atoms with Gasteiger partial charge < -0.3 is 15.5 Å². The third-order valence-corrected chi connectivity index (χ3v) is 4.13. The largest absolute Gasteiger partial charge is 0.459 e. The number of furan rings is 1. The molecule has 158 valence electrons. The zero-order valence-corrected chi connectivity index (χ0v) is 18.2. The highest BCUT2D eigenvalue weighted by Gasteiger charge is 2.06. The number of benzene rings is 1. The Morgan fingerprint density at radius 2 is 1.93 bits per heavy atom. The van der Waals surface area contributed by atoms with Crippen molar-refractivity contribution in [3.8, 4) is 0 Å². The van der Waals surface area contributed by atoms with Crippen molar-refractivity contribution >= 4 is 34.3 Å². The van der Waals surface area contributed by atoms with Crippen LogP contribution in [0.1, 0.15) is 44.6 Å². The van der Waals surface area contributed by atoms with Gasteiger partial charge in [0.15, 0.2) is 0 Å². The van der Waals surface area contributed by atoms with Gasteiger partial charge in [-0.2, -0.15) is 0 Å². The number of aromatic nitrogens is 1. The molecule has 2 heterocycles. The van der Waals surface area contributed by atoms with E-state index in [2.05, 4.69) is 42.5 Å². The van der Waals surface area contributed by atoms with E-state index >= 15 is 0 Å². The highest BCUT2D eigenvalue weighted by Crippen LogP contribution is 2.24. The van der Waals surface area contributed by atoms with Crippen molar-refractivity contribution in [2.24, 2.45) is 0 Å². The number of nitrogens with zero attached hydrogens (tertiary/aromatic N) is 1. The maximum absolute atomic E-state index is 12.0. The maximum atomic E-state index is 12.0. The summed E-state index contributed by atoms with van der Waals surface area (Å²) in [6, 6.07) is 11.5. The first-order valence-electron chi connectivity index (χ1n) is 9.88. The predicted molar refractivity (Wildman–Crippen MR) is 128 cm³/mol. The van der Waals surface area contributed by atoms with Crippen LogP contribution in [0, 0.1) is 0 Å². The number of amides is 1. The lowest BCUT2D eigenvalue weighted by Crippen LogP contribution is -2.19. The molecule has 2 aromatic heterocycles. The summed E-state index contributed by atoms with van der Waals surface area (Å²) in [6.45, 7) is 14.4. The van der Waals surface area contributed by atoms with Crippen molar-refractivity contribution in [1.82, 2.24) is 10.3 Å². The number of fused-ring (bicyclic) bond motifs is 1. The van der Waals surface area contributed by atoms with Crippen molar-refractivity contribution in [2.75, 3.05) is 5.73 Å². The van der Waals surface area contributed by atoms with E-state index in [1.165, 1.54) is 11.6 Å². The number of hydrogen-bond acceptors (Lipinski definition) is 4. The van der Waals surface area contributed by atoms with Crippen LogP contribution in [0.3, 0.4) is 0 Å². The highest BCUT2D eigenvalue weighted by molar-refractivity contribution is 5.91. The molecule has 0 fully saturated rings. The van der Waals surface area contributed by atoms with E-state index in [1.807, 2.05) is 39.0 Å². The third-order valence-electron chi connectivity index (χ3n) is 4.13. The molecule has 3 rings (SSSR count). The van der Waals surface area contributed by atoms with Gasteiger partial charge in [0.1, 0.15) is 17.2 Å². The summed E-state index contributed by atoms with van der Waals surface area (Å²) in [4.78, 5) is 15.9. The quantitative estimate of drug-likeness (QED) is 0.403. The number of anilines is 1. The second-order valence-corrected chi connectivity index (χ2v) is 6.00. The van der Waals surface area contributed by atoms with Crippen molar-refractivity contribution in [2.45, 2.75) is 34.2 Å². The fourth-order valence-electron chi connectivity index (χ4n) is 2.52. The maximum Gasteiger partial charge on any atom is 0.244 e. The normalized spacial score (nSPS) is 10.7. The lowest BCUT2D eigenvalue weighted by molar-refractivity contribution is -0.116. The minimum Gasteiger partial charge on any atom is -0.459 e. The first-order chi connectivity index (χ1) is 14.5. The van der Waals surface area contributed by atoms with Crippen LogP contribution >= 0.6 is 0 Å². The van der Waals surface area contributed by atoms with Gasteiger partial charge in [-0.1, -0.05) is 26.0 Å². The number of nitrogen functional groups attached to an aromatic ring is 1. The molecule has 5 nitrogen and oxygen atoms in total. The molecule has 30 heavy (non-hydrogen) atoms. The van der Waals surface area contributed by atoms with Gasteiger partial charge in [0.05, 0.1) is 6.54 Å². The molecule has 0 aliphatic carbocycles. The molecule has 3 N–H and O–H groups in total. The van der Waals surface area contributed by atoms with Crippen LogP contribution in [0.15, 0.2) is 72.3 Å². The summed E-state index contributed by atoms with van der Waals surface area (Å²) in [6.07, 6.45) is 6.84. The van der Waals surface area contributed by atoms with Crippen LogP contribution in [0.2, 0.25) is 0 Å². The Morgan fingerprint density at radius 3 is 2.57 bits per heavy atom. The molecular formula is C25H31N3O2. The second kappa shape index (κ2) is 12.8. The summed E-state index contributed by atoms with van der Waals surface area (Å²) in [5.41, 5.74) is 9.53. The number of pyridine rings is 1. The lowest BCUT2D eigenvalue weighted by Gasteiger charge is -1.99. The fourth-order valence-corrected chi connectivity index (χ4v) is 2.52. The van der Waals surface area contributed by atoms with Gasteiger partial charge in [0.25, 0.3) is 0 Å². The molecule has 0 atom stereocenters. The van der Waals surface area contributed by atoms with Crippen molar-refractivity contribution in [3.05, 3.63) is 84.8 Å². The zero-order chi connectivity index (χ0) is 22.5. The number of carbonyl (C=O) groups excluding carboxylic acids is 1. The smallest absolute Gasteiger partial charge is 0.244 e. The molecule has 0 aliphatic rings.